The summed E-state index contributed by atoms with van der Waals surface area (Å²) in [4.78, 5) is 17.7. The number of aromatic nitrogens is 1. The number of nitriles is 2. The van der Waals surface area contributed by atoms with Crippen molar-refractivity contribution in [1.82, 2.24) is 10.3 Å². The van der Waals surface area contributed by atoms with Crippen molar-refractivity contribution in [3.05, 3.63) is 94.2 Å². The maximum atomic E-state index is 13.1. The predicted molar refractivity (Wildman–Crippen MR) is 175 cm³/mol. The molecule has 1 unspecified atom stereocenters. The van der Waals surface area contributed by atoms with Crippen LogP contribution in [0.25, 0.3) is 10.9 Å². The minimum atomic E-state index is -0.244. The van der Waals surface area contributed by atoms with Crippen molar-refractivity contribution in [1.29, 1.82) is 10.5 Å². The van der Waals surface area contributed by atoms with Gasteiger partial charge >= 0.3 is 0 Å². The van der Waals surface area contributed by atoms with Crippen LogP contribution >= 0.6 is 11.6 Å². The lowest BCUT2D eigenvalue weighted by Crippen LogP contribution is -2.24. The minimum absolute atomic E-state index is 0.147. The summed E-state index contributed by atoms with van der Waals surface area (Å²) in [6, 6.07) is 20.3. The quantitative estimate of drug-likeness (QED) is 0.179. The lowest BCUT2D eigenvalue weighted by atomic mass is 10.0. The van der Waals surface area contributed by atoms with Gasteiger partial charge in [-0.1, -0.05) is 29.3 Å². The molecule has 6 rings (SSSR count). The van der Waals surface area contributed by atoms with Gasteiger partial charge in [0.25, 0.3) is 0 Å². The van der Waals surface area contributed by atoms with Crippen molar-refractivity contribution < 1.29 is 19.0 Å². The highest BCUT2D eigenvalue weighted by Gasteiger charge is 2.22. The van der Waals surface area contributed by atoms with Crippen LogP contribution in [0.15, 0.2) is 72.4 Å². The third kappa shape index (κ3) is 7.39. The molecule has 11 heteroatoms. The van der Waals surface area contributed by atoms with Gasteiger partial charge in [-0.2, -0.15) is 10.5 Å². The molecule has 10 nitrogen and oxygen atoms in total. The van der Waals surface area contributed by atoms with Gasteiger partial charge in [-0.25, -0.2) is 0 Å². The zero-order chi connectivity index (χ0) is 31.9. The van der Waals surface area contributed by atoms with E-state index < -0.39 is 0 Å². The van der Waals surface area contributed by atoms with Gasteiger partial charge < -0.3 is 30.2 Å². The average Bonchev–Trinajstić information content (AvgIpc) is 3.59. The number of piperidine rings is 1. The molecule has 0 saturated carbocycles. The smallest absolute Gasteiger partial charge is 0.248 e. The number of carbonyl (C=O) groups excluding carboxylic acids is 1. The van der Waals surface area contributed by atoms with E-state index >= 15 is 0 Å². The largest absolute Gasteiger partial charge is 0.487 e. The molecule has 1 aromatic heterocycles. The van der Waals surface area contributed by atoms with Gasteiger partial charge in [0.1, 0.15) is 30.3 Å². The molecule has 3 N–H and O–H groups in total. The van der Waals surface area contributed by atoms with Crippen LogP contribution in [0.1, 0.15) is 36.0 Å². The van der Waals surface area contributed by atoms with Gasteiger partial charge in [-0.15, -0.1) is 0 Å². The number of rotatable bonds is 9. The molecule has 2 aliphatic rings. The molecule has 3 aromatic carbocycles. The van der Waals surface area contributed by atoms with Crippen molar-refractivity contribution in [3.63, 3.8) is 0 Å². The van der Waals surface area contributed by atoms with E-state index in [-0.39, 0.29) is 18.6 Å². The van der Waals surface area contributed by atoms with Crippen LogP contribution in [0, 0.1) is 22.7 Å². The third-order valence-corrected chi connectivity index (χ3v) is 8.08. The van der Waals surface area contributed by atoms with Crippen molar-refractivity contribution in [2.75, 3.05) is 36.9 Å². The molecule has 1 amide bonds. The highest BCUT2D eigenvalue weighted by atomic mass is 35.5. The molecule has 0 spiro atoms. The topological polar surface area (TPSA) is 141 Å². The highest BCUT2D eigenvalue weighted by Crippen LogP contribution is 2.38. The summed E-state index contributed by atoms with van der Waals surface area (Å²) in [6.07, 6.45) is 5.39. The van der Waals surface area contributed by atoms with E-state index in [4.69, 9.17) is 31.1 Å². The molecule has 46 heavy (non-hydrogen) atoms. The van der Waals surface area contributed by atoms with Gasteiger partial charge in [0.15, 0.2) is 0 Å². The first-order valence-electron chi connectivity index (χ1n) is 15.0. The molecular weight excluding hydrogens is 604 g/mol. The van der Waals surface area contributed by atoms with E-state index in [1.165, 1.54) is 6.20 Å². The van der Waals surface area contributed by atoms with Gasteiger partial charge in [-0.3, -0.25) is 9.78 Å². The van der Waals surface area contributed by atoms with Crippen molar-refractivity contribution in [2.24, 2.45) is 0 Å². The number of benzene rings is 3. The molecule has 2 aliphatic heterocycles. The summed E-state index contributed by atoms with van der Waals surface area (Å²) in [5, 5.41) is 29.6. The molecule has 232 valence electrons. The van der Waals surface area contributed by atoms with Crippen LogP contribution in [-0.4, -0.2) is 43.3 Å². The van der Waals surface area contributed by atoms with Gasteiger partial charge in [-0.05, 0) is 67.9 Å². The number of carbonyl (C=O) groups is 1. The number of nitrogens with zero attached hydrogens (tertiary/aromatic N) is 3. The number of halogens is 1. The summed E-state index contributed by atoms with van der Waals surface area (Å²) in [7, 11) is 0. The molecule has 4 aromatic rings. The van der Waals surface area contributed by atoms with E-state index in [0.717, 1.165) is 43.5 Å². The second-order valence-electron chi connectivity index (χ2n) is 11.0. The number of fused-ring (bicyclic) bond motifs is 1. The zero-order valence-corrected chi connectivity index (χ0v) is 25.7. The van der Waals surface area contributed by atoms with Gasteiger partial charge in [0, 0.05) is 35.8 Å². The van der Waals surface area contributed by atoms with Crippen LogP contribution in [0.5, 0.6) is 11.5 Å². The van der Waals surface area contributed by atoms with Crippen molar-refractivity contribution >= 4 is 45.5 Å². The number of hydrogen-bond acceptors (Lipinski definition) is 9. The Morgan fingerprint density at radius 1 is 1.09 bits per heavy atom. The summed E-state index contributed by atoms with van der Waals surface area (Å²) in [5.74, 6) is 0.725. The molecule has 2 saturated heterocycles. The number of pyridine rings is 1. The molecule has 0 radical (unpaired) electrons. The molecule has 0 bridgehead atoms. The summed E-state index contributed by atoms with van der Waals surface area (Å²) in [5.41, 5.74) is 5.07. The van der Waals surface area contributed by atoms with E-state index in [1.807, 2.05) is 12.1 Å². The minimum Gasteiger partial charge on any atom is -0.487 e. The molecule has 1 atom stereocenters. The van der Waals surface area contributed by atoms with Gasteiger partial charge in [0.05, 0.1) is 52.3 Å². The molecule has 2 fully saturated rings. The number of ether oxygens (including phenoxy) is 3. The Bertz CT molecular complexity index is 1870. The maximum Gasteiger partial charge on any atom is 0.248 e. The van der Waals surface area contributed by atoms with E-state index in [1.54, 1.807) is 48.5 Å². The first-order chi connectivity index (χ1) is 22.5. The van der Waals surface area contributed by atoms with E-state index in [0.29, 0.717) is 68.8 Å². The lowest BCUT2D eigenvalue weighted by Gasteiger charge is -2.19. The highest BCUT2D eigenvalue weighted by molar-refractivity contribution is 6.32. The van der Waals surface area contributed by atoms with Gasteiger partial charge in [0.2, 0.25) is 5.91 Å². The summed E-state index contributed by atoms with van der Waals surface area (Å²) >= 11 is 6.60. The fraction of sp³-hybridized carbons (Fsp3) is 0.257. The molecular formula is C35H31ClN6O4. The standard InChI is InChI=1S/C35H31ClN6O4/c36-29-14-26(5-6-32(29)45-20-24-3-1-23(17-37)2-4-24)41-35-25(18-38)19-40-30-16-33(46-27-9-12-44-21-27)31(15-28(30)35)42-34(43)13-22-7-10-39-11-8-22/h1-6,13-16,19,27,39H,7-12,20-21H2,(H,40,41)(H,42,43). The molecule has 3 heterocycles. The Kier molecular flexibility index (Phi) is 9.61. The SMILES string of the molecule is N#Cc1ccc(COc2ccc(Nc3c(C#N)cnc4cc(OC5CCOC5)c(NC(=O)C=C5CCNCC5)cc34)cc2Cl)cc1. The Balaban J connectivity index is 1.29. The summed E-state index contributed by atoms with van der Waals surface area (Å²) in [6.45, 7) is 3.04. The first-order valence-corrected chi connectivity index (χ1v) is 15.4. The zero-order valence-electron chi connectivity index (χ0n) is 24.9. The lowest BCUT2D eigenvalue weighted by molar-refractivity contribution is -0.112. The fourth-order valence-corrected chi connectivity index (χ4v) is 5.58. The number of amides is 1. The second-order valence-corrected chi connectivity index (χ2v) is 11.4. The monoisotopic (exact) mass is 634 g/mol. The van der Waals surface area contributed by atoms with Crippen LogP contribution in [-0.2, 0) is 16.1 Å². The number of nitrogens with one attached hydrogen (secondary N) is 3. The molecule has 0 aliphatic carbocycles. The number of anilines is 3. The number of hydrogen-bond donors (Lipinski definition) is 3. The average molecular weight is 635 g/mol. The summed E-state index contributed by atoms with van der Waals surface area (Å²) < 4.78 is 17.7. The first kappa shape index (κ1) is 30.9. The van der Waals surface area contributed by atoms with Crippen LogP contribution in [0.4, 0.5) is 17.1 Å². The maximum absolute atomic E-state index is 13.1. The normalized spacial score (nSPS) is 15.9. The Hall–Kier alpha value is -5.13. The fourth-order valence-electron chi connectivity index (χ4n) is 5.34. The Morgan fingerprint density at radius 2 is 1.91 bits per heavy atom. The van der Waals surface area contributed by atoms with Crippen molar-refractivity contribution in [3.8, 4) is 23.6 Å². The Morgan fingerprint density at radius 3 is 2.63 bits per heavy atom. The van der Waals surface area contributed by atoms with Crippen LogP contribution in [0.2, 0.25) is 5.02 Å². The van der Waals surface area contributed by atoms with Crippen molar-refractivity contribution in [2.45, 2.75) is 32.0 Å². The van der Waals surface area contributed by atoms with E-state index in [9.17, 15) is 10.1 Å². The van der Waals surface area contributed by atoms with Crippen LogP contribution < -0.4 is 25.4 Å². The van der Waals surface area contributed by atoms with Crippen LogP contribution in [0.3, 0.4) is 0 Å². The van der Waals surface area contributed by atoms with E-state index in [2.05, 4.69) is 33.1 Å². The third-order valence-electron chi connectivity index (χ3n) is 7.79. The Labute approximate surface area is 271 Å². The second kappa shape index (κ2) is 14.3. The predicted octanol–water partition coefficient (Wildman–Crippen LogP) is 6.37.